The lowest BCUT2D eigenvalue weighted by Gasteiger charge is -2.19. The normalized spacial score (nSPS) is 19.3. The highest BCUT2D eigenvalue weighted by atomic mass is 16.5. The Morgan fingerprint density at radius 1 is 1.50 bits per heavy atom. The monoisotopic (exact) mass is 250 g/mol. The van der Waals surface area contributed by atoms with Gasteiger partial charge in [-0.2, -0.15) is 5.21 Å². The van der Waals surface area contributed by atoms with Gasteiger partial charge in [0.15, 0.2) is 6.35 Å². The molecule has 18 heavy (non-hydrogen) atoms. The molecule has 1 unspecified atom stereocenters. The van der Waals surface area contributed by atoms with Crippen LogP contribution < -0.4 is 10.1 Å². The van der Waals surface area contributed by atoms with E-state index in [1.165, 1.54) is 0 Å². The highest BCUT2D eigenvalue weighted by molar-refractivity contribution is 5.43. The van der Waals surface area contributed by atoms with Crippen molar-refractivity contribution in [2.24, 2.45) is 0 Å². The molecule has 96 valence electrons. The summed E-state index contributed by atoms with van der Waals surface area (Å²) in [5, 5.41) is 23.8. The summed E-state index contributed by atoms with van der Waals surface area (Å²) < 4.78 is 5.59. The van der Waals surface area contributed by atoms with Gasteiger partial charge in [-0.3, -0.25) is 10.2 Å². The van der Waals surface area contributed by atoms with Gasteiger partial charge in [0.25, 0.3) is 0 Å². The first-order valence-electron chi connectivity index (χ1n) is 5.78. The SMILES string of the molecule is O[N+]#Cc1ccccc1OCCN1CCNC1O. The first kappa shape index (κ1) is 12.6. The van der Waals surface area contributed by atoms with Crippen LogP contribution in [0.1, 0.15) is 5.56 Å². The number of nitrogens with zero attached hydrogens (tertiary/aromatic N) is 2. The summed E-state index contributed by atoms with van der Waals surface area (Å²) in [5.74, 6) is 0.608. The molecule has 0 aromatic heterocycles. The third-order valence-electron chi connectivity index (χ3n) is 2.77. The summed E-state index contributed by atoms with van der Waals surface area (Å²) in [6.07, 6.45) is -0.589. The standard InChI is InChI=1S/C12H15N3O3/c16-12-13-5-6-15(12)7-8-18-11-4-2-1-3-10(11)9-14-17/h1-4,12-13,16H,5-8H2/p+1. The van der Waals surface area contributed by atoms with E-state index in [0.717, 1.165) is 13.1 Å². The van der Waals surface area contributed by atoms with Gasteiger partial charge in [0.05, 0.1) is 0 Å². The summed E-state index contributed by atoms with van der Waals surface area (Å²) >= 11 is 0. The van der Waals surface area contributed by atoms with Crippen LogP contribution in [-0.4, -0.2) is 47.8 Å². The molecule has 0 saturated carbocycles. The molecule has 1 aromatic rings. The molecule has 1 aliphatic rings. The van der Waals surface area contributed by atoms with Gasteiger partial charge in [-0.05, 0) is 12.1 Å². The maximum Gasteiger partial charge on any atom is 0.392 e. The van der Waals surface area contributed by atoms with E-state index < -0.39 is 6.35 Å². The van der Waals surface area contributed by atoms with Crippen molar-refractivity contribution < 1.29 is 15.1 Å². The molecule has 1 fully saturated rings. The second-order valence-electron chi connectivity index (χ2n) is 3.92. The molecule has 0 radical (unpaired) electrons. The molecule has 1 aromatic carbocycles. The molecule has 1 saturated heterocycles. The average molecular weight is 250 g/mol. The lowest BCUT2D eigenvalue weighted by atomic mass is 10.2. The van der Waals surface area contributed by atoms with Gasteiger partial charge >= 0.3 is 6.07 Å². The molecular formula is C12H16N3O3+. The van der Waals surface area contributed by atoms with Crippen molar-refractivity contribution in [2.75, 3.05) is 26.2 Å². The van der Waals surface area contributed by atoms with Gasteiger partial charge < -0.3 is 9.84 Å². The molecule has 0 aliphatic carbocycles. The molecule has 1 aliphatic heterocycles. The fourth-order valence-electron chi connectivity index (χ4n) is 1.83. The Morgan fingerprint density at radius 2 is 2.33 bits per heavy atom. The first-order valence-corrected chi connectivity index (χ1v) is 5.78. The zero-order valence-electron chi connectivity index (χ0n) is 9.91. The molecule has 6 heteroatoms. The zero-order valence-corrected chi connectivity index (χ0v) is 9.91. The molecule has 2 rings (SSSR count). The predicted molar refractivity (Wildman–Crippen MR) is 65.7 cm³/mol. The number of nitrogens with one attached hydrogen (secondary N) is 1. The Labute approximate surface area is 105 Å². The van der Waals surface area contributed by atoms with E-state index in [0.29, 0.717) is 24.5 Å². The summed E-state index contributed by atoms with van der Waals surface area (Å²) in [7, 11) is 0. The Hall–Kier alpha value is -1.81. The molecule has 0 spiro atoms. The Kier molecular flexibility index (Phi) is 4.36. The van der Waals surface area contributed by atoms with Crippen molar-refractivity contribution in [1.82, 2.24) is 10.2 Å². The lowest BCUT2D eigenvalue weighted by Crippen LogP contribution is -2.37. The van der Waals surface area contributed by atoms with Crippen molar-refractivity contribution in [3.63, 3.8) is 0 Å². The van der Waals surface area contributed by atoms with Crippen LogP contribution in [0.3, 0.4) is 0 Å². The summed E-state index contributed by atoms with van der Waals surface area (Å²) in [6.45, 7) is 2.65. The van der Waals surface area contributed by atoms with Crippen LogP contribution in [0.2, 0.25) is 0 Å². The summed E-state index contributed by atoms with van der Waals surface area (Å²) in [6, 6.07) is 9.63. The number of benzene rings is 1. The zero-order chi connectivity index (χ0) is 12.8. The van der Waals surface area contributed by atoms with Crippen LogP contribution in [-0.2, 0) is 0 Å². The van der Waals surface area contributed by atoms with E-state index >= 15 is 0 Å². The highest BCUT2D eigenvalue weighted by Gasteiger charge is 2.20. The average Bonchev–Trinajstić information content (AvgIpc) is 2.78. The molecule has 1 heterocycles. The van der Waals surface area contributed by atoms with Gasteiger partial charge in [0.1, 0.15) is 17.9 Å². The quantitative estimate of drug-likeness (QED) is 0.671. The van der Waals surface area contributed by atoms with Crippen LogP contribution in [0.4, 0.5) is 0 Å². The van der Waals surface area contributed by atoms with E-state index in [2.05, 4.69) is 16.4 Å². The number of rotatable bonds is 4. The third-order valence-corrected chi connectivity index (χ3v) is 2.77. The second-order valence-corrected chi connectivity index (χ2v) is 3.92. The van der Waals surface area contributed by atoms with Gasteiger partial charge in [0.2, 0.25) is 5.01 Å². The molecule has 1 atom stereocenters. The fraction of sp³-hybridized carbons (Fsp3) is 0.417. The molecule has 3 N–H and O–H groups in total. The number of hydrogen-bond acceptors (Lipinski definition) is 5. The number of ether oxygens (including phenoxy) is 1. The van der Waals surface area contributed by atoms with E-state index in [-0.39, 0.29) is 0 Å². The van der Waals surface area contributed by atoms with Gasteiger partial charge in [-0.1, -0.05) is 12.1 Å². The Balaban J connectivity index is 1.87. The van der Waals surface area contributed by atoms with Crippen molar-refractivity contribution in [3.05, 3.63) is 34.8 Å². The minimum Gasteiger partial charge on any atom is -0.491 e. The van der Waals surface area contributed by atoms with Crippen molar-refractivity contribution in [2.45, 2.75) is 6.35 Å². The van der Waals surface area contributed by atoms with Crippen LogP contribution in [0, 0.1) is 6.07 Å². The predicted octanol–water partition coefficient (Wildman–Crippen LogP) is 0.317. The smallest absolute Gasteiger partial charge is 0.392 e. The molecule has 0 bridgehead atoms. The number of hydrogen-bond donors (Lipinski definition) is 3. The Morgan fingerprint density at radius 3 is 3.06 bits per heavy atom. The molecular weight excluding hydrogens is 234 g/mol. The van der Waals surface area contributed by atoms with E-state index in [1.54, 1.807) is 12.1 Å². The van der Waals surface area contributed by atoms with E-state index in [4.69, 9.17) is 9.94 Å². The van der Waals surface area contributed by atoms with Crippen molar-refractivity contribution in [1.29, 1.82) is 0 Å². The number of para-hydroxylation sites is 1. The highest BCUT2D eigenvalue weighted by Crippen LogP contribution is 2.16. The van der Waals surface area contributed by atoms with Crippen molar-refractivity contribution in [3.8, 4) is 11.8 Å². The minimum absolute atomic E-state index is 0.447. The van der Waals surface area contributed by atoms with E-state index in [9.17, 15) is 5.11 Å². The Bertz CT molecular complexity index is 455. The van der Waals surface area contributed by atoms with Gasteiger partial charge in [-0.15, -0.1) is 0 Å². The third kappa shape index (κ3) is 3.11. The number of aliphatic hydroxyl groups is 1. The van der Waals surface area contributed by atoms with Gasteiger partial charge in [-0.25, -0.2) is 0 Å². The van der Waals surface area contributed by atoms with Crippen LogP contribution >= 0.6 is 0 Å². The van der Waals surface area contributed by atoms with Crippen molar-refractivity contribution >= 4 is 0 Å². The minimum atomic E-state index is -0.589. The lowest BCUT2D eigenvalue weighted by molar-refractivity contribution is 0.0150. The molecule has 0 amide bonds. The topological polar surface area (TPSA) is 69.3 Å². The number of aliphatic hydroxyl groups excluding tert-OH is 1. The maximum atomic E-state index is 9.52. The maximum absolute atomic E-state index is 9.52. The second kappa shape index (κ2) is 6.21. The molecule has 6 nitrogen and oxygen atoms in total. The summed E-state index contributed by atoms with van der Waals surface area (Å²) in [4.78, 5) is 1.88. The van der Waals surface area contributed by atoms with Crippen LogP contribution in [0.15, 0.2) is 24.3 Å². The first-order chi connectivity index (χ1) is 8.81. The largest absolute Gasteiger partial charge is 0.491 e. The van der Waals surface area contributed by atoms with Crippen LogP contribution in [0.5, 0.6) is 5.75 Å². The fourth-order valence-corrected chi connectivity index (χ4v) is 1.83. The van der Waals surface area contributed by atoms with Gasteiger partial charge in [0, 0.05) is 19.6 Å². The van der Waals surface area contributed by atoms with E-state index in [1.807, 2.05) is 17.0 Å². The van der Waals surface area contributed by atoms with Crippen LogP contribution in [0.25, 0.3) is 5.01 Å². The summed E-state index contributed by atoms with van der Waals surface area (Å²) in [5.41, 5.74) is 0.597.